The topological polar surface area (TPSA) is 72.8 Å². The van der Waals surface area contributed by atoms with Gasteiger partial charge < -0.3 is 14.6 Å². The number of unbranched alkanes of at least 4 members (excludes halogenated alkanes) is 41. The third-order valence-electron chi connectivity index (χ3n) is 12.2. The zero-order valence-electron chi connectivity index (χ0n) is 38.9. The van der Waals surface area contributed by atoms with Crippen LogP contribution in [0.25, 0.3) is 0 Å². The molecule has 1 N–H and O–H groups in total. The molecule has 0 saturated heterocycles. The summed E-state index contributed by atoms with van der Waals surface area (Å²) in [6.07, 6.45) is 57.8. The predicted molar refractivity (Wildman–Crippen MR) is 247 cm³/mol. The van der Waals surface area contributed by atoms with Crippen molar-refractivity contribution in [3.05, 3.63) is 0 Å². The molecule has 5 heteroatoms. The van der Waals surface area contributed by atoms with Gasteiger partial charge in [-0.25, -0.2) is 0 Å². The quantitative estimate of drug-likeness (QED) is 0.0490. The second kappa shape index (κ2) is 49.3. The van der Waals surface area contributed by atoms with Crippen LogP contribution in [0, 0.1) is 0 Å². The van der Waals surface area contributed by atoms with E-state index < -0.39 is 6.10 Å². The average Bonchev–Trinajstić information content (AvgIpc) is 3.21. The molecular weight excluding hydrogens is 705 g/mol. The van der Waals surface area contributed by atoms with E-state index in [2.05, 4.69) is 13.8 Å². The number of aliphatic hydroxyl groups excluding tert-OH is 1. The lowest BCUT2D eigenvalue weighted by Crippen LogP contribution is -2.28. The molecule has 0 fully saturated rings. The molecule has 57 heavy (non-hydrogen) atoms. The van der Waals surface area contributed by atoms with Gasteiger partial charge in [-0.2, -0.15) is 0 Å². The van der Waals surface area contributed by atoms with Gasteiger partial charge >= 0.3 is 11.9 Å². The van der Waals surface area contributed by atoms with Crippen molar-refractivity contribution >= 4 is 11.9 Å². The van der Waals surface area contributed by atoms with Crippen molar-refractivity contribution in [3.63, 3.8) is 0 Å². The maximum absolute atomic E-state index is 12.3. The van der Waals surface area contributed by atoms with Crippen LogP contribution in [0.1, 0.15) is 303 Å². The van der Waals surface area contributed by atoms with E-state index >= 15 is 0 Å². The highest BCUT2D eigenvalue weighted by Crippen LogP contribution is 2.18. The minimum Gasteiger partial charge on any atom is -0.462 e. The van der Waals surface area contributed by atoms with E-state index in [9.17, 15) is 14.7 Å². The standard InChI is InChI=1S/C52H102O5/c1-3-5-7-9-11-13-15-17-19-21-22-23-24-25-26-27-28-29-30-31-33-35-37-39-41-43-45-47-52(55)57-50(48-53)49-56-51(54)46-44-42-40-38-36-34-32-20-18-16-14-12-10-8-6-4-2/h50,53H,3-49H2,1-2H3. The fourth-order valence-corrected chi connectivity index (χ4v) is 8.21. The maximum atomic E-state index is 12.3. The summed E-state index contributed by atoms with van der Waals surface area (Å²) >= 11 is 0. The third-order valence-corrected chi connectivity index (χ3v) is 12.2. The first kappa shape index (κ1) is 55.9. The molecule has 0 amide bonds. The summed E-state index contributed by atoms with van der Waals surface area (Å²) < 4.78 is 10.7. The molecule has 340 valence electrons. The van der Waals surface area contributed by atoms with Crippen molar-refractivity contribution in [2.45, 2.75) is 309 Å². The van der Waals surface area contributed by atoms with E-state index in [0.717, 1.165) is 32.1 Å². The van der Waals surface area contributed by atoms with Gasteiger partial charge in [-0.3, -0.25) is 9.59 Å². The SMILES string of the molecule is CCCCCCCCCCCCCCCCCCCCCCCCCCCCCC(=O)OC(CO)COC(=O)CCCCCCCCCCCCCCCCCC. The summed E-state index contributed by atoms with van der Waals surface area (Å²) in [5, 5.41) is 9.62. The third kappa shape index (κ3) is 47.5. The molecule has 0 aromatic heterocycles. The van der Waals surface area contributed by atoms with Gasteiger partial charge in [0.2, 0.25) is 0 Å². The lowest BCUT2D eigenvalue weighted by Gasteiger charge is -2.15. The van der Waals surface area contributed by atoms with Crippen molar-refractivity contribution in [2.24, 2.45) is 0 Å². The summed E-state index contributed by atoms with van der Waals surface area (Å²) in [5.74, 6) is -0.567. The van der Waals surface area contributed by atoms with Crippen LogP contribution in [-0.2, 0) is 19.1 Å². The molecule has 0 aliphatic carbocycles. The van der Waals surface area contributed by atoms with Crippen LogP contribution in [0.2, 0.25) is 0 Å². The molecule has 0 saturated carbocycles. The Kier molecular flexibility index (Phi) is 48.3. The van der Waals surface area contributed by atoms with Gasteiger partial charge in [0.25, 0.3) is 0 Å². The van der Waals surface area contributed by atoms with Gasteiger partial charge in [0, 0.05) is 12.8 Å². The zero-order chi connectivity index (χ0) is 41.4. The van der Waals surface area contributed by atoms with Gasteiger partial charge in [0.15, 0.2) is 6.10 Å². The minimum atomic E-state index is -0.763. The van der Waals surface area contributed by atoms with Crippen molar-refractivity contribution in [1.82, 2.24) is 0 Å². The minimum absolute atomic E-state index is 0.0561. The van der Waals surface area contributed by atoms with Gasteiger partial charge in [-0.15, -0.1) is 0 Å². The van der Waals surface area contributed by atoms with Crippen LogP contribution in [0.15, 0.2) is 0 Å². The first-order valence-electron chi connectivity index (χ1n) is 26.1. The van der Waals surface area contributed by atoms with E-state index in [-0.39, 0.29) is 25.2 Å². The Morgan fingerprint density at radius 3 is 0.772 bits per heavy atom. The summed E-state index contributed by atoms with van der Waals surface area (Å²) in [6, 6.07) is 0. The Labute approximate surface area is 357 Å². The van der Waals surface area contributed by atoms with E-state index in [1.165, 1.54) is 244 Å². The molecule has 0 aromatic carbocycles. The second-order valence-electron chi connectivity index (χ2n) is 18.0. The molecule has 0 radical (unpaired) electrons. The molecule has 1 atom stereocenters. The number of aliphatic hydroxyl groups is 1. The smallest absolute Gasteiger partial charge is 0.306 e. The molecule has 0 aliphatic heterocycles. The Balaban J connectivity index is 3.39. The highest BCUT2D eigenvalue weighted by molar-refractivity contribution is 5.70. The average molecular weight is 807 g/mol. The van der Waals surface area contributed by atoms with E-state index in [0.29, 0.717) is 12.8 Å². The van der Waals surface area contributed by atoms with Gasteiger partial charge in [-0.1, -0.05) is 277 Å². The Morgan fingerprint density at radius 1 is 0.333 bits per heavy atom. The highest BCUT2D eigenvalue weighted by Gasteiger charge is 2.16. The number of hydrogen-bond acceptors (Lipinski definition) is 5. The highest BCUT2D eigenvalue weighted by atomic mass is 16.6. The molecule has 5 nitrogen and oxygen atoms in total. The number of hydrogen-bond donors (Lipinski definition) is 1. The molecule has 0 aliphatic rings. The van der Waals surface area contributed by atoms with Gasteiger partial charge in [0.1, 0.15) is 6.61 Å². The number of ether oxygens (including phenoxy) is 2. The van der Waals surface area contributed by atoms with Gasteiger partial charge in [0.05, 0.1) is 6.61 Å². The van der Waals surface area contributed by atoms with Crippen LogP contribution < -0.4 is 0 Å². The number of esters is 2. The first-order valence-corrected chi connectivity index (χ1v) is 26.1. The van der Waals surface area contributed by atoms with Crippen LogP contribution in [0.5, 0.6) is 0 Å². The fraction of sp³-hybridized carbons (Fsp3) is 0.962. The van der Waals surface area contributed by atoms with Crippen molar-refractivity contribution in [1.29, 1.82) is 0 Å². The lowest BCUT2D eigenvalue weighted by molar-refractivity contribution is -0.161. The van der Waals surface area contributed by atoms with E-state index in [1.54, 1.807) is 0 Å². The fourth-order valence-electron chi connectivity index (χ4n) is 8.21. The Hall–Kier alpha value is -1.10. The Bertz CT molecular complexity index is 784. The number of carbonyl (C=O) groups is 2. The predicted octanol–water partition coefficient (Wildman–Crippen LogP) is 17.0. The summed E-state index contributed by atoms with van der Waals surface area (Å²) in [7, 11) is 0. The largest absolute Gasteiger partial charge is 0.462 e. The van der Waals surface area contributed by atoms with E-state index in [1.807, 2.05) is 0 Å². The molecule has 1 unspecified atom stereocenters. The summed E-state index contributed by atoms with van der Waals surface area (Å²) in [6.45, 7) is 4.20. The van der Waals surface area contributed by atoms with Crippen LogP contribution in [0.4, 0.5) is 0 Å². The van der Waals surface area contributed by atoms with Crippen molar-refractivity contribution < 1.29 is 24.2 Å². The maximum Gasteiger partial charge on any atom is 0.306 e. The number of carbonyl (C=O) groups excluding carboxylic acids is 2. The first-order chi connectivity index (χ1) is 28.1. The van der Waals surface area contributed by atoms with Crippen molar-refractivity contribution in [3.8, 4) is 0 Å². The molecule has 0 aromatic rings. The number of rotatable bonds is 49. The molecule has 0 spiro atoms. The molecular formula is C52H102O5. The van der Waals surface area contributed by atoms with E-state index in [4.69, 9.17) is 9.47 Å². The monoisotopic (exact) mass is 807 g/mol. The molecule has 0 heterocycles. The molecule has 0 rings (SSSR count). The molecule has 0 bridgehead atoms. The van der Waals surface area contributed by atoms with Crippen LogP contribution >= 0.6 is 0 Å². The normalized spacial score (nSPS) is 12.0. The second-order valence-corrected chi connectivity index (χ2v) is 18.0. The zero-order valence-corrected chi connectivity index (χ0v) is 38.9. The summed E-state index contributed by atoms with van der Waals surface area (Å²) in [4.78, 5) is 24.4. The van der Waals surface area contributed by atoms with Crippen molar-refractivity contribution in [2.75, 3.05) is 13.2 Å². The summed E-state index contributed by atoms with van der Waals surface area (Å²) in [5.41, 5.74) is 0. The lowest BCUT2D eigenvalue weighted by atomic mass is 10.0. The van der Waals surface area contributed by atoms with Gasteiger partial charge in [-0.05, 0) is 12.8 Å². The van der Waals surface area contributed by atoms with Crippen LogP contribution in [-0.4, -0.2) is 36.4 Å². The van der Waals surface area contributed by atoms with Crippen LogP contribution in [0.3, 0.4) is 0 Å². The Morgan fingerprint density at radius 2 is 0.544 bits per heavy atom.